The topological polar surface area (TPSA) is 54.3 Å². The van der Waals surface area contributed by atoms with Gasteiger partial charge in [-0.05, 0) is 55.8 Å². The van der Waals surface area contributed by atoms with Crippen molar-refractivity contribution in [3.05, 3.63) is 71.5 Å². The molecule has 5 nitrogen and oxygen atoms in total. The zero-order valence-corrected chi connectivity index (χ0v) is 14.0. The molecule has 1 aromatic heterocycles. The smallest absolute Gasteiger partial charge is 0.318 e. The number of urea groups is 1. The van der Waals surface area contributed by atoms with Crippen molar-refractivity contribution < 1.29 is 14.0 Å². The lowest BCUT2D eigenvalue weighted by Crippen LogP contribution is -2.30. The quantitative estimate of drug-likeness (QED) is 0.528. The summed E-state index contributed by atoms with van der Waals surface area (Å²) in [6, 6.07) is 7.66. The van der Waals surface area contributed by atoms with Crippen molar-refractivity contribution in [1.29, 1.82) is 0 Å². The maximum absolute atomic E-state index is 13.2. The summed E-state index contributed by atoms with van der Waals surface area (Å²) < 4.78 is 15.1. The van der Waals surface area contributed by atoms with Crippen molar-refractivity contribution in [2.45, 2.75) is 13.8 Å². The monoisotopic (exact) mass is 339 g/mol. The van der Waals surface area contributed by atoms with Crippen LogP contribution in [0.1, 0.15) is 17.0 Å². The minimum absolute atomic E-state index is 0.163. The van der Waals surface area contributed by atoms with E-state index in [-0.39, 0.29) is 24.0 Å². The highest BCUT2D eigenvalue weighted by atomic mass is 19.1. The minimum Gasteiger partial charge on any atom is -0.318 e. The molecule has 1 N–H and O–H groups in total. The van der Waals surface area contributed by atoms with E-state index in [9.17, 15) is 14.0 Å². The standard InChI is InChI=1S/C19H18FN3O2/c1-4-9-22-18(24)17(21-19(22)25)11-14-10-12(2)23(13(14)3)16-7-5-15(20)6-8-16/h4-8,10-11H,1,9H2,2-3H3,(H,21,25)/b17-11+. The number of benzene rings is 1. The van der Waals surface area contributed by atoms with Crippen LogP contribution in [0.15, 0.2) is 48.7 Å². The number of nitrogens with zero attached hydrogens (tertiary/aromatic N) is 2. The average molecular weight is 339 g/mol. The third kappa shape index (κ3) is 2.98. The molecular formula is C19H18FN3O2. The van der Waals surface area contributed by atoms with Gasteiger partial charge in [-0.25, -0.2) is 9.18 Å². The molecule has 6 heteroatoms. The number of imide groups is 1. The van der Waals surface area contributed by atoms with E-state index in [4.69, 9.17) is 0 Å². The second-order valence-electron chi connectivity index (χ2n) is 5.83. The van der Waals surface area contributed by atoms with Crippen LogP contribution in [-0.2, 0) is 4.79 Å². The number of hydrogen-bond donors (Lipinski definition) is 1. The normalized spacial score (nSPS) is 15.8. The van der Waals surface area contributed by atoms with Crippen LogP contribution in [0.25, 0.3) is 11.8 Å². The number of nitrogens with one attached hydrogen (secondary N) is 1. The van der Waals surface area contributed by atoms with Crippen LogP contribution in [-0.4, -0.2) is 28.0 Å². The molecule has 1 aliphatic rings. The van der Waals surface area contributed by atoms with Crippen LogP contribution in [0.2, 0.25) is 0 Å². The van der Waals surface area contributed by atoms with Crippen LogP contribution in [0.4, 0.5) is 9.18 Å². The molecule has 1 fully saturated rings. The Hall–Kier alpha value is -3.15. The molecule has 0 unspecified atom stereocenters. The van der Waals surface area contributed by atoms with E-state index in [1.807, 2.05) is 24.5 Å². The third-order valence-corrected chi connectivity index (χ3v) is 4.13. The largest absolute Gasteiger partial charge is 0.329 e. The Morgan fingerprint density at radius 1 is 1.20 bits per heavy atom. The molecule has 1 aliphatic heterocycles. The first-order valence-corrected chi connectivity index (χ1v) is 7.82. The highest BCUT2D eigenvalue weighted by Gasteiger charge is 2.32. The summed E-state index contributed by atoms with van der Waals surface area (Å²) in [6.07, 6.45) is 3.16. The van der Waals surface area contributed by atoms with E-state index >= 15 is 0 Å². The van der Waals surface area contributed by atoms with Gasteiger partial charge in [0.25, 0.3) is 5.91 Å². The lowest BCUT2D eigenvalue weighted by molar-refractivity contribution is -0.122. The van der Waals surface area contributed by atoms with Crippen molar-refractivity contribution in [3.63, 3.8) is 0 Å². The van der Waals surface area contributed by atoms with Gasteiger partial charge in [0.2, 0.25) is 0 Å². The van der Waals surface area contributed by atoms with Gasteiger partial charge in [0.1, 0.15) is 11.5 Å². The van der Waals surface area contributed by atoms with Crippen LogP contribution in [0, 0.1) is 19.7 Å². The Labute approximate surface area is 145 Å². The number of rotatable bonds is 4. The highest BCUT2D eigenvalue weighted by Crippen LogP contribution is 2.24. The Kier molecular flexibility index (Phi) is 4.27. The fourth-order valence-electron chi connectivity index (χ4n) is 2.94. The first-order chi connectivity index (χ1) is 11.9. The number of aryl methyl sites for hydroxylation is 1. The number of carbonyl (C=O) groups excluding carboxylic acids is 2. The zero-order chi connectivity index (χ0) is 18.1. The fourth-order valence-corrected chi connectivity index (χ4v) is 2.94. The number of halogens is 1. The number of amides is 3. The summed E-state index contributed by atoms with van der Waals surface area (Å²) in [7, 11) is 0. The van der Waals surface area contributed by atoms with Crippen LogP contribution < -0.4 is 5.32 Å². The molecule has 3 amide bonds. The summed E-state index contributed by atoms with van der Waals surface area (Å²) >= 11 is 0. The Balaban J connectivity index is 1.99. The molecule has 0 radical (unpaired) electrons. The molecule has 2 heterocycles. The van der Waals surface area contributed by atoms with Crippen LogP contribution >= 0.6 is 0 Å². The van der Waals surface area contributed by atoms with Gasteiger partial charge >= 0.3 is 6.03 Å². The Morgan fingerprint density at radius 2 is 1.88 bits per heavy atom. The molecule has 1 saturated heterocycles. The van der Waals surface area contributed by atoms with Gasteiger partial charge in [0, 0.05) is 23.6 Å². The predicted octanol–water partition coefficient (Wildman–Crippen LogP) is 3.31. The molecule has 3 rings (SSSR count). The van der Waals surface area contributed by atoms with Gasteiger partial charge in [-0.3, -0.25) is 9.69 Å². The van der Waals surface area contributed by atoms with Gasteiger partial charge in [0.05, 0.1) is 0 Å². The summed E-state index contributed by atoms with van der Waals surface area (Å²) in [5.41, 5.74) is 3.70. The summed E-state index contributed by atoms with van der Waals surface area (Å²) in [6.45, 7) is 7.55. The van der Waals surface area contributed by atoms with E-state index < -0.39 is 6.03 Å². The molecule has 25 heavy (non-hydrogen) atoms. The summed E-state index contributed by atoms with van der Waals surface area (Å²) in [4.78, 5) is 25.2. The predicted molar refractivity (Wildman–Crippen MR) is 93.6 cm³/mol. The zero-order valence-electron chi connectivity index (χ0n) is 14.0. The van der Waals surface area contributed by atoms with Crippen molar-refractivity contribution in [2.75, 3.05) is 6.54 Å². The molecular weight excluding hydrogens is 321 g/mol. The van der Waals surface area contributed by atoms with E-state index in [1.165, 1.54) is 18.2 Å². The molecule has 0 bridgehead atoms. The van der Waals surface area contributed by atoms with Crippen molar-refractivity contribution in [2.24, 2.45) is 0 Å². The molecule has 2 aromatic rings. The van der Waals surface area contributed by atoms with Gasteiger partial charge in [-0.15, -0.1) is 6.58 Å². The molecule has 0 saturated carbocycles. The Bertz CT molecular complexity index is 894. The second-order valence-corrected chi connectivity index (χ2v) is 5.83. The van der Waals surface area contributed by atoms with E-state index in [0.717, 1.165) is 27.5 Å². The summed E-state index contributed by atoms with van der Waals surface area (Å²) in [5, 5.41) is 2.58. The van der Waals surface area contributed by atoms with Gasteiger partial charge in [0.15, 0.2) is 0 Å². The third-order valence-electron chi connectivity index (χ3n) is 4.13. The fraction of sp³-hybridized carbons (Fsp3) is 0.158. The molecule has 0 atom stereocenters. The van der Waals surface area contributed by atoms with Crippen molar-refractivity contribution in [1.82, 2.24) is 14.8 Å². The van der Waals surface area contributed by atoms with Crippen LogP contribution in [0.3, 0.4) is 0 Å². The molecule has 0 spiro atoms. The number of aromatic nitrogens is 1. The van der Waals surface area contributed by atoms with Gasteiger partial charge in [-0.1, -0.05) is 6.08 Å². The van der Waals surface area contributed by atoms with Crippen LogP contribution in [0.5, 0.6) is 0 Å². The number of carbonyl (C=O) groups is 2. The SMILES string of the molecule is C=CCN1C(=O)N/C(=C/c2cc(C)n(-c3ccc(F)cc3)c2C)C1=O. The molecule has 0 aliphatic carbocycles. The lowest BCUT2D eigenvalue weighted by atomic mass is 10.2. The van der Waals surface area contributed by atoms with E-state index in [1.54, 1.807) is 18.2 Å². The lowest BCUT2D eigenvalue weighted by Gasteiger charge is -2.09. The van der Waals surface area contributed by atoms with Crippen molar-refractivity contribution in [3.8, 4) is 5.69 Å². The van der Waals surface area contributed by atoms with Gasteiger partial charge in [-0.2, -0.15) is 0 Å². The maximum Gasteiger partial charge on any atom is 0.329 e. The first-order valence-electron chi connectivity index (χ1n) is 7.82. The maximum atomic E-state index is 13.2. The van der Waals surface area contributed by atoms with Gasteiger partial charge < -0.3 is 9.88 Å². The Morgan fingerprint density at radius 3 is 2.52 bits per heavy atom. The second kappa shape index (κ2) is 6.39. The molecule has 1 aromatic carbocycles. The van der Waals surface area contributed by atoms with E-state index in [2.05, 4.69) is 11.9 Å². The highest BCUT2D eigenvalue weighted by molar-refractivity contribution is 6.14. The van der Waals surface area contributed by atoms with E-state index in [0.29, 0.717) is 0 Å². The first kappa shape index (κ1) is 16.7. The average Bonchev–Trinajstić information content (AvgIpc) is 3.00. The minimum atomic E-state index is -0.455. The summed E-state index contributed by atoms with van der Waals surface area (Å²) in [5.74, 6) is -0.674. The van der Waals surface area contributed by atoms with Crippen molar-refractivity contribution >= 4 is 18.0 Å². The number of hydrogen-bond acceptors (Lipinski definition) is 2. The molecule has 128 valence electrons.